The highest BCUT2D eigenvalue weighted by Crippen LogP contribution is 2.49. The monoisotopic (exact) mass is 674 g/mol. The first kappa shape index (κ1) is 33.3. The molecule has 1 aliphatic carbocycles. The molecule has 0 fully saturated rings. The van der Waals surface area contributed by atoms with Crippen LogP contribution in [0.3, 0.4) is 0 Å². The fourth-order valence-electron chi connectivity index (χ4n) is 7.90. The minimum atomic E-state index is 0.0997. The first-order valence-corrected chi connectivity index (χ1v) is 18.5. The largest absolute Gasteiger partial charge is 0.311 e. The molecule has 2 heteroatoms. The van der Waals surface area contributed by atoms with Gasteiger partial charge < -0.3 is 9.80 Å². The number of benzene rings is 7. The minimum Gasteiger partial charge on any atom is -0.311 e. The zero-order valence-corrected chi connectivity index (χ0v) is 30.6. The van der Waals surface area contributed by atoms with Gasteiger partial charge in [0.05, 0.1) is 5.69 Å². The Kier molecular flexibility index (Phi) is 8.77. The van der Waals surface area contributed by atoms with Crippen LogP contribution >= 0.6 is 0 Å². The van der Waals surface area contributed by atoms with Gasteiger partial charge in [0.2, 0.25) is 0 Å². The van der Waals surface area contributed by atoms with E-state index >= 15 is 0 Å². The standard InChI is InChI=1S/C50H46N2/c1-49(2)33-34-50(3,4)47-36-44(31-32-46(47)49)52(48-26-15-14-25-45(48)38-17-8-5-9-18-38)43-24-16-19-39(35-43)37-27-29-42(30-28-37)51(40-20-10-6-11-21-40)41-22-12-7-13-23-41/h5-32,35-36H,33-34H2,1-4H3. The van der Waals surface area contributed by atoms with Gasteiger partial charge in [0.25, 0.3) is 0 Å². The molecule has 0 heterocycles. The Hall–Kier alpha value is -5.86. The summed E-state index contributed by atoms with van der Waals surface area (Å²) >= 11 is 0. The molecular weight excluding hydrogens is 629 g/mol. The highest BCUT2D eigenvalue weighted by atomic mass is 15.1. The van der Waals surface area contributed by atoms with Crippen LogP contribution in [0.1, 0.15) is 51.7 Å². The summed E-state index contributed by atoms with van der Waals surface area (Å²) < 4.78 is 0. The van der Waals surface area contributed by atoms with E-state index in [0.717, 1.165) is 28.4 Å². The van der Waals surface area contributed by atoms with E-state index in [1.165, 1.54) is 51.9 Å². The summed E-state index contributed by atoms with van der Waals surface area (Å²) in [6.07, 6.45) is 2.37. The van der Waals surface area contributed by atoms with Crippen LogP contribution in [0, 0.1) is 0 Å². The number of anilines is 6. The highest BCUT2D eigenvalue weighted by molar-refractivity contribution is 5.89. The first-order chi connectivity index (χ1) is 25.3. The molecule has 0 spiro atoms. The zero-order chi connectivity index (χ0) is 35.7. The van der Waals surface area contributed by atoms with Crippen LogP contribution in [0.4, 0.5) is 34.1 Å². The van der Waals surface area contributed by atoms with Gasteiger partial charge in [0.1, 0.15) is 0 Å². The van der Waals surface area contributed by atoms with E-state index in [1.807, 2.05) is 0 Å². The smallest absolute Gasteiger partial charge is 0.0540 e. The summed E-state index contributed by atoms with van der Waals surface area (Å²) in [5, 5.41) is 0. The van der Waals surface area contributed by atoms with Crippen molar-refractivity contribution in [1.82, 2.24) is 0 Å². The SMILES string of the molecule is CC1(C)CCC(C)(C)c2cc(N(c3cccc(-c4ccc(N(c5ccccc5)c5ccccc5)cc4)c3)c3ccccc3-c3ccccc3)ccc21. The number of rotatable bonds is 8. The van der Waals surface area contributed by atoms with Gasteiger partial charge >= 0.3 is 0 Å². The maximum absolute atomic E-state index is 2.47. The first-order valence-electron chi connectivity index (χ1n) is 18.5. The molecule has 7 aromatic carbocycles. The van der Waals surface area contributed by atoms with E-state index in [4.69, 9.17) is 0 Å². The van der Waals surface area contributed by atoms with Gasteiger partial charge in [-0.3, -0.25) is 0 Å². The number of nitrogens with zero attached hydrogens (tertiary/aromatic N) is 2. The maximum atomic E-state index is 2.47. The zero-order valence-electron chi connectivity index (χ0n) is 30.6. The molecule has 0 aromatic heterocycles. The number of para-hydroxylation sites is 3. The average Bonchev–Trinajstić information content (AvgIpc) is 3.19. The summed E-state index contributed by atoms with van der Waals surface area (Å²) in [4.78, 5) is 4.77. The second-order valence-corrected chi connectivity index (χ2v) is 15.3. The quantitative estimate of drug-likeness (QED) is 0.158. The molecular formula is C50H46N2. The van der Waals surface area contributed by atoms with E-state index in [0.29, 0.717) is 0 Å². The third kappa shape index (κ3) is 6.42. The van der Waals surface area contributed by atoms with Gasteiger partial charge in [0, 0.05) is 34.0 Å². The van der Waals surface area contributed by atoms with Gasteiger partial charge in [-0.1, -0.05) is 143 Å². The van der Waals surface area contributed by atoms with Crippen LogP contribution in [-0.4, -0.2) is 0 Å². The summed E-state index contributed by atoms with van der Waals surface area (Å²) in [6.45, 7) is 9.62. The molecule has 0 radical (unpaired) electrons. The van der Waals surface area contributed by atoms with Crippen LogP contribution in [0.15, 0.2) is 182 Å². The lowest BCUT2D eigenvalue weighted by Gasteiger charge is -2.42. The maximum Gasteiger partial charge on any atom is 0.0540 e. The topological polar surface area (TPSA) is 6.48 Å². The highest BCUT2D eigenvalue weighted by Gasteiger charge is 2.37. The molecule has 0 bridgehead atoms. The van der Waals surface area contributed by atoms with Gasteiger partial charge in [-0.15, -0.1) is 0 Å². The molecule has 0 amide bonds. The minimum absolute atomic E-state index is 0.0997. The molecule has 256 valence electrons. The normalized spacial score (nSPS) is 14.3. The van der Waals surface area contributed by atoms with Crippen LogP contribution in [0.25, 0.3) is 22.3 Å². The Balaban J connectivity index is 1.24. The van der Waals surface area contributed by atoms with Crippen molar-refractivity contribution in [2.24, 2.45) is 0 Å². The van der Waals surface area contributed by atoms with Crippen molar-refractivity contribution < 1.29 is 0 Å². The lowest BCUT2D eigenvalue weighted by Crippen LogP contribution is -2.34. The van der Waals surface area contributed by atoms with E-state index in [1.54, 1.807) is 0 Å². The number of hydrogen-bond donors (Lipinski definition) is 0. The summed E-state index contributed by atoms with van der Waals surface area (Å²) in [5.41, 5.74) is 14.8. The van der Waals surface area contributed by atoms with Crippen LogP contribution in [-0.2, 0) is 10.8 Å². The third-order valence-corrected chi connectivity index (χ3v) is 10.9. The summed E-state index contributed by atoms with van der Waals surface area (Å²) in [6, 6.07) is 65.9. The predicted molar refractivity (Wildman–Crippen MR) is 222 cm³/mol. The van der Waals surface area contributed by atoms with Crippen molar-refractivity contribution in [3.8, 4) is 22.3 Å². The summed E-state index contributed by atoms with van der Waals surface area (Å²) in [5.74, 6) is 0. The number of fused-ring (bicyclic) bond motifs is 1. The van der Waals surface area contributed by atoms with Crippen molar-refractivity contribution in [2.45, 2.75) is 51.4 Å². The van der Waals surface area contributed by atoms with E-state index in [9.17, 15) is 0 Å². The van der Waals surface area contributed by atoms with Gasteiger partial charge in [-0.05, 0) is 118 Å². The van der Waals surface area contributed by atoms with Crippen molar-refractivity contribution >= 4 is 34.1 Å². The van der Waals surface area contributed by atoms with E-state index < -0.39 is 0 Å². The molecule has 1 aliphatic rings. The molecule has 0 unspecified atom stereocenters. The Labute approximate surface area is 309 Å². The van der Waals surface area contributed by atoms with Crippen LogP contribution < -0.4 is 9.80 Å². The number of hydrogen-bond acceptors (Lipinski definition) is 2. The van der Waals surface area contributed by atoms with Crippen molar-refractivity contribution in [3.05, 3.63) is 193 Å². The third-order valence-electron chi connectivity index (χ3n) is 10.9. The molecule has 0 saturated heterocycles. The van der Waals surface area contributed by atoms with Gasteiger partial charge in [-0.25, -0.2) is 0 Å². The van der Waals surface area contributed by atoms with Crippen molar-refractivity contribution in [2.75, 3.05) is 9.80 Å². The van der Waals surface area contributed by atoms with Crippen LogP contribution in [0.2, 0.25) is 0 Å². The molecule has 8 rings (SSSR count). The Morgan fingerprint density at radius 3 is 1.48 bits per heavy atom. The summed E-state index contributed by atoms with van der Waals surface area (Å²) in [7, 11) is 0. The predicted octanol–water partition coefficient (Wildman–Crippen LogP) is 14.3. The van der Waals surface area contributed by atoms with Crippen LogP contribution in [0.5, 0.6) is 0 Å². The Bertz CT molecular complexity index is 2250. The van der Waals surface area contributed by atoms with E-state index in [-0.39, 0.29) is 10.8 Å². The van der Waals surface area contributed by atoms with Crippen molar-refractivity contribution in [3.63, 3.8) is 0 Å². The fraction of sp³-hybridized carbons (Fsp3) is 0.160. The average molecular weight is 675 g/mol. The molecule has 2 nitrogen and oxygen atoms in total. The molecule has 0 aliphatic heterocycles. The fourth-order valence-corrected chi connectivity index (χ4v) is 7.90. The molecule has 52 heavy (non-hydrogen) atoms. The lowest BCUT2D eigenvalue weighted by molar-refractivity contribution is 0.332. The van der Waals surface area contributed by atoms with Gasteiger partial charge in [-0.2, -0.15) is 0 Å². The molecule has 0 saturated carbocycles. The van der Waals surface area contributed by atoms with Crippen molar-refractivity contribution in [1.29, 1.82) is 0 Å². The Morgan fingerprint density at radius 1 is 0.346 bits per heavy atom. The molecule has 0 atom stereocenters. The Morgan fingerprint density at radius 2 is 0.827 bits per heavy atom. The second kappa shape index (κ2) is 13.7. The lowest BCUT2D eigenvalue weighted by atomic mass is 9.63. The van der Waals surface area contributed by atoms with Gasteiger partial charge in [0.15, 0.2) is 0 Å². The van der Waals surface area contributed by atoms with E-state index in [2.05, 4.69) is 219 Å². The molecule has 7 aromatic rings. The molecule has 0 N–H and O–H groups in total. The second-order valence-electron chi connectivity index (χ2n) is 15.3.